The molecule has 2 nitrogen and oxygen atoms in total. The first-order valence-corrected chi connectivity index (χ1v) is 5.45. The molecule has 0 amide bonds. The van der Waals surface area contributed by atoms with Gasteiger partial charge in [-0.15, -0.1) is 12.4 Å². The molecule has 18 heavy (non-hydrogen) atoms. The first-order valence-electron chi connectivity index (χ1n) is 5.07. The van der Waals surface area contributed by atoms with E-state index in [2.05, 4.69) is 0 Å². The maximum absolute atomic E-state index is 12.8. The summed E-state index contributed by atoms with van der Waals surface area (Å²) in [6.07, 6.45) is -5.27. The second-order valence-electron chi connectivity index (χ2n) is 3.73. The lowest BCUT2D eigenvalue weighted by Crippen LogP contribution is -2.28. The van der Waals surface area contributed by atoms with Gasteiger partial charge in [0, 0.05) is 5.02 Å². The van der Waals surface area contributed by atoms with Gasteiger partial charge >= 0.3 is 6.18 Å². The summed E-state index contributed by atoms with van der Waals surface area (Å²) in [5.41, 5.74) is 4.56. The van der Waals surface area contributed by atoms with Crippen molar-refractivity contribution in [3.05, 3.63) is 34.3 Å². The highest BCUT2D eigenvalue weighted by Gasteiger charge is 2.35. The number of hydrogen-bond acceptors (Lipinski definition) is 2. The molecular formula is C11H14Cl2F3NO. The van der Waals surface area contributed by atoms with Gasteiger partial charge in [-0.1, -0.05) is 24.6 Å². The van der Waals surface area contributed by atoms with Crippen LogP contribution in [-0.4, -0.2) is 11.2 Å². The zero-order valence-electron chi connectivity index (χ0n) is 9.54. The molecule has 2 atom stereocenters. The van der Waals surface area contributed by atoms with Gasteiger partial charge in [0.2, 0.25) is 0 Å². The quantitative estimate of drug-likeness (QED) is 0.897. The number of alkyl halides is 3. The highest BCUT2D eigenvalue weighted by atomic mass is 35.5. The van der Waals surface area contributed by atoms with Gasteiger partial charge in [0.15, 0.2) is 0 Å². The van der Waals surface area contributed by atoms with Crippen molar-refractivity contribution < 1.29 is 18.3 Å². The van der Waals surface area contributed by atoms with Crippen molar-refractivity contribution in [2.75, 3.05) is 0 Å². The van der Waals surface area contributed by atoms with E-state index in [0.717, 1.165) is 6.07 Å². The first-order chi connectivity index (χ1) is 7.77. The summed E-state index contributed by atoms with van der Waals surface area (Å²) in [4.78, 5) is 0. The van der Waals surface area contributed by atoms with Gasteiger partial charge in [-0.3, -0.25) is 0 Å². The topological polar surface area (TPSA) is 46.2 Å². The highest BCUT2D eigenvalue weighted by Crippen LogP contribution is 2.36. The Bertz CT molecular complexity index is 398. The fourth-order valence-corrected chi connectivity index (χ4v) is 1.70. The minimum Gasteiger partial charge on any atom is -0.391 e. The van der Waals surface area contributed by atoms with Gasteiger partial charge in [-0.25, -0.2) is 0 Å². The fourth-order valence-electron chi connectivity index (χ4n) is 1.53. The van der Waals surface area contributed by atoms with Crippen LogP contribution in [0.1, 0.15) is 30.5 Å². The maximum atomic E-state index is 12.8. The number of hydrogen-bond donors (Lipinski definition) is 2. The largest absolute Gasteiger partial charge is 0.416 e. The highest BCUT2D eigenvalue weighted by molar-refractivity contribution is 6.30. The normalized spacial score (nSPS) is 14.8. The number of aliphatic hydroxyl groups excluding tert-OH is 1. The Morgan fingerprint density at radius 2 is 1.94 bits per heavy atom. The van der Waals surface area contributed by atoms with E-state index in [4.69, 9.17) is 17.3 Å². The molecular weight excluding hydrogens is 290 g/mol. The Hall–Kier alpha value is -0.490. The lowest BCUT2D eigenvalue weighted by molar-refractivity contribution is -0.138. The maximum Gasteiger partial charge on any atom is 0.416 e. The van der Waals surface area contributed by atoms with Crippen LogP contribution in [0.15, 0.2) is 18.2 Å². The predicted molar refractivity (Wildman–Crippen MR) is 66.9 cm³/mol. The van der Waals surface area contributed by atoms with Crippen molar-refractivity contribution in [2.45, 2.75) is 31.7 Å². The number of nitrogens with two attached hydrogens (primary N) is 1. The summed E-state index contributed by atoms with van der Waals surface area (Å²) < 4.78 is 38.3. The summed E-state index contributed by atoms with van der Waals surface area (Å²) in [5.74, 6) is 0. The van der Waals surface area contributed by atoms with Crippen LogP contribution in [0.2, 0.25) is 5.02 Å². The molecule has 1 aromatic carbocycles. The molecule has 0 radical (unpaired) electrons. The van der Waals surface area contributed by atoms with E-state index in [1.165, 1.54) is 12.1 Å². The van der Waals surface area contributed by atoms with Crippen LogP contribution in [0.25, 0.3) is 0 Å². The molecule has 0 unspecified atom stereocenters. The smallest absolute Gasteiger partial charge is 0.391 e. The third-order valence-corrected chi connectivity index (χ3v) is 2.75. The molecule has 0 fully saturated rings. The van der Waals surface area contributed by atoms with Gasteiger partial charge in [-0.2, -0.15) is 13.2 Å². The average Bonchev–Trinajstić information content (AvgIpc) is 2.25. The van der Waals surface area contributed by atoms with E-state index in [0.29, 0.717) is 0 Å². The molecule has 0 saturated carbocycles. The second-order valence-corrected chi connectivity index (χ2v) is 4.17. The Morgan fingerprint density at radius 3 is 2.39 bits per heavy atom. The van der Waals surface area contributed by atoms with Crippen LogP contribution in [-0.2, 0) is 6.18 Å². The molecule has 0 aliphatic carbocycles. The molecule has 0 saturated heterocycles. The van der Waals surface area contributed by atoms with Crippen molar-refractivity contribution in [3.8, 4) is 0 Å². The Kier molecular flexibility index (Phi) is 6.43. The third-order valence-electron chi connectivity index (χ3n) is 2.51. The molecule has 0 aromatic heterocycles. The van der Waals surface area contributed by atoms with E-state index in [9.17, 15) is 18.3 Å². The van der Waals surface area contributed by atoms with Gasteiger partial charge in [0.25, 0.3) is 0 Å². The lowest BCUT2D eigenvalue weighted by atomic mass is 9.95. The van der Waals surface area contributed by atoms with Crippen LogP contribution in [0.4, 0.5) is 13.2 Å². The number of benzene rings is 1. The Balaban J connectivity index is 0.00000289. The molecule has 0 bridgehead atoms. The summed E-state index contributed by atoms with van der Waals surface area (Å²) in [6, 6.07) is 2.27. The molecule has 0 spiro atoms. The summed E-state index contributed by atoms with van der Waals surface area (Å²) in [7, 11) is 0. The van der Waals surface area contributed by atoms with Crippen LogP contribution in [0, 0.1) is 0 Å². The van der Waals surface area contributed by atoms with Crippen LogP contribution in [0.3, 0.4) is 0 Å². The molecule has 1 rings (SSSR count). The van der Waals surface area contributed by atoms with Crippen LogP contribution in [0.5, 0.6) is 0 Å². The number of rotatable bonds is 3. The zero-order chi connectivity index (χ0) is 13.2. The van der Waals surface area contributed by atoms with E-state index >= 15 is 0 Å². The number of halogens is 5. The monoisotopic (exact) mass is 303 g/mol. The Labute approximate surface area is 114 Å². The minimum absolute atomic E-state index is 0. The average molecular weight is 304 g/mol. The second kappa shape index (κ2) is 6.61. The lowest BCUT2D eigenvalue weighted by Gasteiger charge is -2.22. The SMILES string of the molecule is CC[C@@H](O)[C@@H](N)c1ccc(Cl)cc1C(F)(F)F.Cl. The van der Waals surface area contributed by atoms with Crippen molar-refractivity contribution in [1.29, 1.82) is 0 Å². The fraction of sp³-hybridized carbons (Fsp3) is 0.455. The standard InChI is InChI=1S/C11H13ClF3NO.ClH/c1-2-9(17)10(16)7-4-3-6(12)5-8(7)11(13,14)15;/h3-5,9-10,17H,2,16H2,1H3;1H/t9-,10+;/m1./s1. The van der Waals surface area contributed by atoms with Gasteiger partial charge in [-0.05, 0) is 24.1 Å². The number of aliphatic hydroxyl groups is 1. The molecule has 104 valence electrons. The predicted octanol–water partition coefficient (Wildman–Crippen LogP) is 3.55. The van der Waals surface area contributed by atoms with E-state index in [-0.39, 0.29) is 29.4 Å². The van der Waals surface area contributed by atoms with Crippen LogP contribution >= 0.6 is 24.0 Å². The summed E-state index contributed by atoms with van der Waals surface area (Å²) >= 11 is 5.54. The van der Waals surface area contributed by atoms with Crippen molar-refractivity contribution in [2.24, 2.45) is 5.73 Å². The van der Waals surface area contributed by atoms with Gasteiger partial charge in [0.05, 0.1) is 17.7 Å². The van der Waals surface area contributed by atoms with Crippen molar-refractivity contribution >= 4 is 24.0 Å². The first kappa shape index (κ1) is 17.5. The summed E-state index contributed by atoms with van der Waals surface area (Å²) in [5, 5.41) is 9.50. The van der Waals surface area contributed by atoms with E-state index in [1.54, 1.807) is 6.92 Å². The molecule has 0 aliphatic heterocycles. The van der Waals surface area contributed by atoms with Crippen molar-refractivity contribution in [1.82, 2.24) is 0 Å². The van der Waals surface area contributed by atoms with Crippen molar-refractivity contribution in [3.63, 3.8) is 0 Å². The van der Waals surface area contributed by atoms with Crippen LogP contribution < -0.4 is 5.73 Å². The third kappa shape index (κ3) is 4.02. The van der Waals surface area contributed by atoms with E-state index in [1.807, 2.05) is 0 Å². The molecule has 7 heteroatoms. The molecule has 3 N–H and O–H groups in total. The molecule has 0 aliphatic rings. The molecule has 0 heterocycles. The molecule has 1 aromatic rings. The Morgan fingerprint density at radius 1 is 1.39 bits per heavy atom. The minimum atomic E-state index is -4.54. The van der Waals surface area contributed by atoms with Gasteiger partial charge in [0.1, 0.15) is 0 Å². The zero-order valence-corrected chi connectivity index (χ0v) is 11.1. The van der Waals surface area contributed by atoms with E-state index < -0.39 is 23.9 Å². The van der Waals surface area contributed by atoms with Gasteiger partial charge < -0.3 is 10.8 Å². The summed E-state index contributed by atoms with van der Waals surface area (Å²) in [6.45, 7) is 1.65.